The van der Waals surface area contributed by atoms with E-state index in [-0.39, 0.29) is 12.5 Å². The fourth-order valence-corrected chi connectivity index (χ4v) is 2.82. The van der Waals surface area contributed by atoms with Crippen LogP contribution in [0.5, 0.6) is 5.75 Å². The summed E-state index contributed by atoms with van der Waals surface area (Å²) in [5, 5.41) is 6.78. The molecule has 4 rings (SSSR count). The van der Waals surface area contributed by atoms with Crippen molar-refractivity contribution in [1.82, 2.24) is 10.1 Å². The van der Waals surface area contributed by atoms with E-state index in [9.17, 15) is 4.79 Å². The molecule has 1 saturated heterocycles. The molecule has 2 heterocycles. The van der Waals surface area contributed by atoms with Gasteiger partial charge in [0, 0.05) is 24.8 Å². The Kier molecular flexibility index (Phi) is 4.60. The summed E-state index contributed by atoms with van der Waals surface area (Å²) in [5.41, 5.74) is 5.99. The molecule has 0 unspecified atom stereocenters. The number of amides is 1. The first kappa shape index (κ1) is 17.0. The number of nitrogens with two attached hydrogens (primary N) is 1. The molecule has 1 saturated carbocycles. The average molecular weight is 358 g/mol. The Morgan fingerprint density at radius 1 is 1.27 bits per heavy atom. The highest BCUT2D eigenvalue weighted by molar-refractivity contribution is 5.98. The molecule has 0 spiro atoms. The molecule has 26 heavy (non-hydrogen) atoms. The molecule has 0 atom stereocenters. The minimum absolute atomic E-state index is 0.186. The molecule has 1 aliphatic carbocycles. The third kappa shape index (κ3) is 3.86. The zero-order valence-electron chi connectivity index (χ0n) is 14.4. The van der Waals surface area contributed by atoms with E-state index in [4.69, 9.17) is 19.7 Å². The number of carbonyl (C=O) groups excluding carboxylic acids is 1. The van der Waals surface area contributed by atoms with Crippen molar-refractivity contribution in [2.75, 3.05) is 18.5 Å². The fourth-order valence-electron chi connectivity index (χ4n) is 2.82. The monoisotopic (exact) mass is 358 g/mol. The van der Waals surface area contributed by atoms with Crippen LogP contribution in [-0.2, 0) is 16.1 Å². The van der Waals surface area contributed by atoms with Crippen LogP contribution in [0.2, 0.25) is 0 Å². The van der Waals surface area contributed by atoms with E-state index in [2.05, 4.69) is 15.5 Å². The zero-order chi connectivity index (χ0) is 18.0. The van der Waals surface area contributed by atoms with Gasteiger partial charge in [0.2, 0.25) is 17.6 Å². The number of carbonyl (C=O) groups is 1. The molecule has 8 heteroatoms. The molecular formula is C18H22N4O4. The van der Waals surface area contributed by atoms with Gasteiger partial charge in [0.15, 0.2) is 6.61 Å². The lowest BCUT2D eigenvalue weighted by atomic mass is 9.90. The predicted octanol–water partition coefficient (Wildman–Crippen LogP) is 1.97. The fraction of sp³-hybridized carbons (Fsp3) is 0.500. The van der Waals surface area contributed by atoms with Gasteiger partial charge in [-0.2, -0.15) is 4.98 Å². The van der Waals surface area contributed by atoms with Crippen LogP contribution >= 0.6 is 0 Å². The maximum atomic E-state index is 12.4. The molecule has 0 bridgehead atoms. The Hall–Kier alpha value is -2.45. The third-order valence-corrected chi connectivity index (χ3v) is 4.73. The van der Waals surface area contributed by atoms with Crippen molar-refractivity contribution in [3.63, 3.8) is 0 Å². The van der Waals surface area contributed by atoms with Gasteiger partial charge >= 0.3 is 0 Å². The first-order chi connectivity index (χ1) is 12.6. The van der Waals surface area contributed by atoms with E-state index in [1.54, 1.807) is 24.3 Å². The van der Waals surface area contributed by atoms with Crippen LogP contribution in [0.3, 0.4) is 0 Å². The van der Waals surface area contributed by atoms with E-state index >= 15 is 0 Å². The van der Waals surface area contributed by atoms with Crippen LogP contribution < -0.4 is 15.8 Å². The molecule has 0 radical (unpaired) electrons. The highest BCUT2D eigenvalue weighted by atomic mass is 16.5. The molecule has 1 aliphatic heterocycles. The van der Waals surface area contributed by atoms with Gasteiger partial charge in [-0.1, -0.05) is 5.16 Å². The lowest BCUT2D eigenvalue weighted by Crippen LogP contribution is -2.54. The van der Waals surface area contributed by atoms with Crippen LogP contribution in [0.4, 0.5) is 5.69 Å². The zero-order valence-corrected chi connectivity index (χ0v) is 14.4. The van der Waals surface area contributed by atoms with Gasteiger partial charge in [0.25, 0.3) is 0 Å². The number of hydrogen-bond acceptors (Lipinski definition) is 7. The number of hydrogen-bond donors (Lipinski definition) is 2. The summed E-state index contributed by atoms with van der Waals surface area (Å²) < 4.78 is 16.1. The van der Waals surface area contributed by atoms with Gasteiger partial charge in [-0.25, -0.2) is 0 Å². The number of nitrogens with one attached hydrogen (secondary N) is 1. The Bertz CT molecular complexity index is 764. The maximum Gasteiger partial charge on any atom is 0.244 e. The van der Waals surface area contributed by atoms with Crippen molar-refractivity contribution in [3.05, 3.63) is 36.0 Å². The SMILES string of the molecule is NC1(C(=O)Nc2ccc(OCc3noc(C4CC4)n3)cc2)CCOCC1. The molecule has 2 aliphatic rings. The van der Waals surface area contributed by atoms with E-state index in [1.165, 1.54) is 0 Å². The predicted molar refractivity (Wildman–Crippen MR) is 92.6 cm³/mol. The van der Waals surface area contributed by atoms with Crippen molar-refractivity contribution in [1.29, 1.82) is 0 Å². The number of aromatic nitrogens is 2. The molecular weight excluding hydrogens is 336 g/mol. The normalized spacial score (nSPS) is 19.1. The summed E-state index contributed by atoms with van der Waals surface area (Å²) in [4.78, 5) is 16.7. The second-order valence-corrected chi connectivity index (χ2v) is 6.86. The van der Waals surface area contributed by atoms with E-state index in [1.807, 2.05) is 0 Å². The molecule has 8 nitrogen and oxygen atoms in total. The Morgan fingerprint density at radius 2 is 2.00 bits per heavy atom. The van der Waals surface area contributed by atoms with Gasteiger partial charge < -0.3 is 25.0 Å². The van der Waals surface area contributed by atoms with Gasteiger partial charge in [-0.05, 0) is 49.9 Å². The lowest BCUT2D eigenvalue weighted by Gasteiger charge is -2.31. The van der Waals surface area contributed by atoms with Gasteiger partial charge in [-0.3, -0.25) is 4.79 Å². The van der Waals surface area contributed by atoms with Gasteiger partial charge in [0.05, 0.1) is 0 Å². The molecule has 2 fully saturated rings. The largest absolute Gasteiger partial charge is 0.485 e. The van der Waals surface area contributed by atoms with Crippen LogP contribution in [0.15, 0.2) is 28.8 Å². The molecule has 2 aromatic rings. The first-order valence-corrected chi connectivity index (χ1v) is 8.86. The van der Waals surface area contributed by atoms with Crippen LogP contribution in [0.1, 0.15) is 43.3 Å². The van der Waals surface area contributed by atoms with Crippen LogP contribution in [0.25, 0.3) is 0 Å². The van der Waals surface area contributed by atoms with Gasteiger partial charge in [-0.15, -0.1) is 0 Å². The van der Waals surface area contributed by atoms with Gasteiger partial charge in [0.1, 0.15) is 11.3 Å². The average Bonchev–Trinajstić information content (AvgIpc) is 3.40. The van der Waals surface area contributed by atoms with Crippen LogP contribution in [0, 0.1) is 0 Å². The van der Waals surface area contributed by atoms with Crippen molar-refractivity contribution in [2.24, 2.45) is 5.73 Å². The quantitative estimate of drug-likeness (QED) is 0.812. The number of ether oxygens (including phenoxy) is 2. The topological polar surface area (TPSA) is 113 Å². The van der Waals surface area contributed by atoms with E-state index < -0.39 is 5.54 Å². The summed E-state index contributed by atoms with van der Waals surface area (Å²) in [6.07, 6.45) is 3.28. The minimum atomic E-state index is -0.870. The summed E-state index contributed by atoms with van der Waals surface area (Å²) in [5.74, 6) is 2.14. The van der Waals surface area contributed by atoms with Crippen molar-refractivity contribution in [3.8, 4) is 5.75 Å². The summed E-state index contributed by atoms with van der Waals surface area (Å²) in [6.45, 7) is 1.26. The summed E-state index contributed by atoms with van der Waals surface area (Å²) >= 11 is 0. The number of anilines is 1. The molecule has 3 N–H and O–H groups in total. The molecule has 1 aromatic heterocycles. The summed E-state index contributed by atoms with van der Waals surface area (Å²) in [7, 11) is 0. The van der Waals surface area contributed by atoms with Crippen molar-refractivity contribution >= 4 is 11.6 Å². The standard InChI is InChI=1S/C18H22N4O4/c19-18(7-9-24-10-8-18)17(23)20-13-3-5-14(6-4-13)25-11-15-21-16(26-22-15)12-1-2-12/h3-6,12H,1-2,7-11,19H2,(H,20,23). The maximum absolute atomic E-state index is 12.4. The van der Waals surface area contributed by atoms with Crippen molar-refractivity contribution < 1.29 is 18.8 Å². The Morgan fingerprint density at radius 3 is 2.69 bits per heavy atom. The summed E-state index contributed by atoms with van der Waals surface area (Å²) in [6, 6.07) is 7.12. The van der Waals surface area contributed by atoms with Crippen LogP contribution in [-0.4, -0.2) is 34.8 Å². The molecule has 1 amide bonds. The number of benzene rings is 1. The number of rotatable bonds is 6. The highest BCUT2D eigenvalue weighted by Gasteiger charge is 2.35. The number of nitrogens with zero attached hydrogens (tertiary/aromatic N) is 2. The van der Waals surface area contributed by atoms with E-state index in [0.717, 1.165) is 12.8 Å². The Balaban J connectivity index is 1.30. The molecule has 138 valence electrons. The third-order valence-electron chi connectivity index (χ3n) is 4.73. The Labute approximate surface area is 151 Å². The highest BCUT2D eigenvalue weighted by Crippen LogP contribution is 2.38. The van der Waals surface area contributed by atoms with Crippen molar-refractivity contribution in [2.45, 2.75) is 43.7 Å². The smallest absolute Gasteiger partial charge is 0.244 e. The first-order valence-electron chi connectivity index (χ1n) is 8.86. The second-order valence-electron chi connectivity index (χ2n) is 6.86. The lowest BCUT2D eigenvalue weighted by molar-refractivity contribution is -0.124. The molecule has 1 aromatic carbocycles. The van der Waals surface area contributed by atoms with E-state index in [0.29, 0.717) is 55.1 Å². The minimum Gasteiger partial charge on any atom is -0.485 e. The second kappa shape index (κ2) is 7.05.